The second-order valence-corrected chi connectivity index (χ2v) is 2.52. The molecule has 11 heavy (non-hydrogen) atoms. The van der Waals surface area contributed by atoms with Crippen molar-refractivity contribution >= 4 is 5.78 Å². The molecule has 0 bridgehead atoms. The lowest BCUT2D eigenvalue weighted by Crippen LogP contribution is -2.21. The van der Waals surface area contributed by atoms with E-state index < -0.39 is 12.0 Å². The smallest absolute Gasteiger partial charge is 0.285 e. The SMILES string of the molecule is O=C(C=C1CCC1)C(F)(F)F. The van der Waals surface area contributed by atoms with Crippen LogP contribution in [0.2, 0.25) is 0 Å². The summed E-state index contributed by atoms with van der Waals surface area (Å²) in [6, 6.07) is 0. The molecule has 0 heterocycles. The van der Waals surface area contributed by atoms with Gasteiger partial charge in [-0.3, -0.25) is 4.79 Å². The molecule has 1 aliphatic carbocycles. The van der Waals surface area contributed by atoms with Crippen LogP contribution >= 0.6 is 0 Å². The predicted molar refractivity (Wildman–Crippen MR) is 33.0 cm³/mol. The summed E-state index contributed by atoms with van der Waals surface area (Å²) < 4.78 is 34.7. The highest BCUT2D eigenvalue weighted by atomic mass is 19.4. The minimum atomic E-state index is -4.69. The molecule has 0 spiro atoms. The minimum Gasteiger partial charge on any atom is -0.285 e. The molecule has 0 amide bonds. The summed E-state index contributed by atoms with van der Waals surface area (Å²) in [5.74, 6) is -1.73. The van der Waals surface area contributed by atoms with Crippen molar-refractivity contribution in [3.8, 4) is 0 Å². The number of hydrogen-bond acceptors (Lipinski definition) is 1. The number of halogens is 3. The molecule has 0 N–H and O–H groups in total. The summed E-state index contributed by atoms with van der Waals surface area (Å²) >= 11 is 0. The topological polar surface area (TPSA) is 17.1 Å². The van der Waals surface area contributed by atoms with Crippen molar-refractivity contribution in [3.63, 3.8) is 0 Å². The number of carbonyl (C=O) groups excluding carboxylic acids is 1. The van der Waals surface area contributed by atoms with Crippen LogP contribution in [-0.2, 0) is 4.79 Å². The van der Waals surface area contributed by atoms with Crippen LogP contribution in [0.4, 0.5) is 13.2 Å². The van der Waals surface area contributed by atoms with E-state index in [2.05, 4.69) is 0 Å². The van der Waals surface area contributed by atoms with E-state index in [1.54, 1.807) is 0 Å². The second-order valence-electron chi connectivity index (χ2n) is 2.52. The molecule has 1 rings (SSSR count). The maximum Gasteiger partial charge on any atom is 0.454 e. The van der Waals surface area contributed by atoms with E-state index in [1.807, 2.05) is 0 Å². The predicted octanol–water partition coefficient (Wildman–Crippen LogP) is 2.23. The van der Waals surface area contributed by atoms with E-state index >= 15 is 0 Å². The van der Waals surface area contributed by atoms with Gasteiger partial charge in [0.15, 0.2) is 0 Å². The number of allylic oxidation sites excluding steroid dienone is 2. The van der Waals surface area contributed by atoms with Crippen LogP contribution in [0.1, 0.15) is 19.3 Å². The molecule has 0 radical (unpaired) electrons. The summed E-state index contributed by atoms with van der Waals surface area (Å²) in [5, 5.41) is 0. The Morgan fingerprint density at radius 1 is 1.36 bits per heavy atom. The second kappa shape index (κ2) is 2.68. The van der Waals surface area contributed by atoms with Crippen molar-refractivity contribution < 1.29 is 18.0 Å². The normalized spacial score (nSPS) is 17.5. The molecule has 0 aromatic rings. The average molecular weight is 164 g/mol. The minimum absolute atomic E-state index is 0.618. The molecule has 1 nitrogen and oxygen atoms in total. The van der Waals surface area contributed by atoms with Crippen LogP contribution in [0.15, 0.2) is 11.6 Å². The molecule has 62 valence electrons. The lowest BCUT2D eigenvalue weighted by molar-refractivity contribution is -0.165. The van der Waals surface area contributed by atoms with Gasteiger partial charge < -0.3 is 0 Å². The van der Waals surface area contributed by atoms with Gasteiger partial charge in [-0.15, -0.1) is 0 Å². The number of hydrogen-bond donors (Lipinski definition) is 0. The lowest BCUT2D eigenvalue weighted by atomic mass is 9.91. The third kappa shape index (κ3) is 2.06. The van der Waals surface area contributed by atoms with Gasteiger partial charge in [-0.2, -0.15) is 13.2 Å². The fraction of sp³-hybridized carbons (Fsp3) is 0.571. The maximum absolute atomic E-state index is 11.6. The van der Waals surface area contributed by atoms with Crippen molar-refractivity contribution in [3.05, 3.63) is 11.6 Å². The Bertz CT molecular complexity index is 196. The molecular weight excluding hydrogens is 157 g/mol. The van der Waals surface area contributed by atoms with Gasteiger partial charge in [0.1, 0.15) is 0 Å². The van der Waals surface area contributed by atoms with Crippen LogP contribution in [0.5, 0.6) is 0 Å². The van der Waals surface area contributed by atoms with E-state index in [0.717, 1.165) is 6.42 Å². The zero-order valence-corrected chi connectivity index (χ0v) is 5.74. The summed E-state index contributed by atoms with van der Waals surface area (Å²) in [6.45, 7) is 0. The number of alkyl halides is 3. The Labute approximate surface area is 61.9 Å². The third-order valence-corrected chi connectivity index (χ3v) is 1.61. The fourth-order valence-corrected chi connectivity index (χ4v) is 0.792. The van der Waals surface area contributed by atoms with Crippen molar-refractivity contribution in [2.45, 2.75) is 25.4 Å². The van der Waals surface area contributed by atoms with E-state index in [-0.39, 0.29) is 0 Å². The summed E-state index contributed by atoms with van der Waals surface area (Å²) in [7, 11) is 0. The van der Waals surface area contributed by atoms with Gasteiger partial charge in [-0.05, 0) is 25.3 Å². The molecule has 1 aliphatic rings. The van der Waals surface area contributed by atoms with Crippen LogP contribution in [0.25, 0.3) is 0 Å². The molecule has 0 unspecified atom stereocenters. The van der Waals surface area contributed by atoms with Crippen LogP contribution < -0.4 is 0 Å². The molecule has 0 saturated heterocycles. The first-order valence-electron chi connectivity index (χ1n) is 3.31. The highest BCUT2D eigenvalue weighted by Gasteiger charge is 2.36. The van der Waals surface area contributed by atoms with Crippen molar-refractivity contribution in [2.24, 2.45) is 0 Å². The van der Waals surface area contributed by atoms with Crippen LogP contribution in [0, 0.1) is 0 Å². The molecule has 1 saturated carbocycles. The molecule has 0 aromatic heterocycles. The number of rotatable bonds is 1. The first-order chi connectivity index (χ1) is 5.00. The highest BCUT2D eigenvalue weighted by Crippen LogP contribution is 2.27. The number of carbonyl (C=O) groups is 1. The van der Waals surface area contributed by atoms with Gasteiger partial charge in [0, 0.05) is 0 Å². The Hall–Kier alpha value is -0.800. The quantitative estimate of drug-likeness (QED) is 0.543. The monoisotopic (exact) mass is 164 g/mol. The molecule has 1 fully saturated rings. The molecular formula is C7H7F3O. The zero-order chi connectivity index (χ0) is 8.48. The molecule has 4 heteroatoms. The molecule has 0 atom stereocenters. The Morgan fingerprint density at radius 3 is 2.18 bits per heavy atom. The van der Waals surface area contributed by atoms with Gasteiger partial charge in [0.2, 0.25) is 0 Å². The van der Waals surface area contributed by atoms with Gasteiger partial charge in [-0.1, -0.05) is 5.57 Å². The van der Waals surface area contributed by atoms with Crippen molar-refractivity contribution in [1.82, 2.24) is 0 Å². The summed E-state index contributed by atoms with van der Waals surface area (Å²) in [5.41, 5.74) is 0.618. The zero-order valence-electron chi connectivity index (χ0n) is 5.74. The molecule has 0 aromatic carbocycles. The summed E-state index contributed by atoms with van der Waals surface area (Å²) in [6.07, 6.45) is -1.80. The third-order valence-electron chi connectivity index (χ3n) is 1.61. The Kier molecular flexibility index (Phi) is 2.02. The van der Waals surface area contributed by atoms with E-state index in [9.17, 15) is 18.0 Å². The lowest BCUT2D eigenvalue weighted by Gasteiger charge is -2.15. The fourth-order valence-electron chi connectivity index (χ4n) is 0.792. The highest BCUT2D eigenvalue weighted by molar-refractivity contribution is 5.95. The first kappa shape index (κ1) is 8.30. The number of ketones is 1. The van der Waals surface area contributed by atoms with Gasteiger partial charge in [0.25, 0.3) is 5.78 Å². The van der Waals surface area contributed by atoms with E-state index in [1.165, 1.54) is 0 Å². The van der Waals surface area contributed by atoms with Gasteiger partial charge in [-0.25, -0.2) is 0 Å². The van der Waals surface area contributed by atoms with E-state index in [4.69, 9.17) is 0 Å². The van der Waals surface area contributed by atoms with E-state index in [0.29, 0.717) is 24.5 Å². The first-order valence-corrected chi connectivity index (χ1v) is 3.31. The Morgan fingerprint density at radius 2 is 1.91 bits per heavy atom. The van der Waals surface area contributed by atoms with Crippen LogP contribution in [-0.4, -0.2) is 12.0 Å². The summed E-state index contributed by atoms with van der Waals surface area (Å²) in [4.78, 5) is 10.3. The Balaban J connectivity index is 2.55. The maximum atomic E-state index is 11.6. The van der Waals surface area contributed by atoms with Crippen molar-refractivity contribution in [1.29, 1.82) is 0 Å². The van der Waals surface area contributed by atoms with Crippen molar-refractivity contribution in [2.75, 3.05) is 0 Å². The molecule has 0 aliphatic heterocycles. The standard InChI is InChI=1S/C7H7F3O/c8-7(9,10)6(11)4-5-2-1-3-5/h4H,1-3H2. The largest absolute Gasteiger partial charge is 0.454 e. The average Bonchev–Trinajstić information content (AvgIpc) is 1.75. The van der Waals surface area contributed by atoms with Gasteiger partial charge >= 0.3 is 6.18 Å². The van der Waals surface area contributed by atoms with Crippen LogP contribution in [0.3, 0.4) is 0 Å². The van der Waals surface area contributed by atoms with Gasteiger partial charge in [0.05, 0.1) is 0 Å².